The lowest BCUT2D eigenvalue weighted by Gasteiger charge is -2.08. The Bertz CT molecular complexity index is 1060. The average Bonchev–Trinajstić information content (AvgIpc) is 3.32. The SMILES string of the molecule is N#C[C@@H](C(=O)c1cccc(-n2cccc2)c1)c1nc2ccccc2s1. The Morgan fingerprint density at radius 2 is 1.88 bits per heavy atom. The molecule has 2 heterocycles. The Kier molecular flexibility index (Phi) is 3.88. The lowest BCUT2D eigenvalue weighted by atomic mass is 9.99. The predicted octanol–water partition coefficient (Wildman–Crippen LogP) is 4.58. The third-order valence-electron chi connectivity index (χ3n) is 3.98. The van der Waals surface area contributed by atoms with Gasteiger partial charge < -0.3 is 4.57 Å². The van der Waals surface area contributed by atoms with Gasteiger partial charge in [0.15, 0.2) is 11.7 Å². The van der Waals surface area contributed by atoms with Crippen LogP contribution >= 0.6 is 11.3 Å². The smallest absolute Gasteiger partial charge is 0.187 e. The third-order valence-corrected chi connectivity index (χ3v) is 5.08. The Labute approximate surface area is 148 Å². The molecule has 0 amide bonds. The number of ketones is 1. The number of thiazole rings is 1. The van der Waals surface area contributed by atoms with Gasteiger partial charge >= 0.3 is 0 Å². The van der Waals surface area contributed by atoms with E-state index in [9.17, 15) is 10.1 Å². The number of carbonyl (C=O) groups is 1. The number of hydrogen-bond donors (Lipinski definition) is 0. The van der Waals surface area contributed by atoms with E-state index in [1.807, 2.05) is 65.5 Å². The Morgan fingerprint density at radius 3 is 2.64 bits per heavy atom. The molecule has 0 saturated carbocycles. The number of rotatable bonds is 4. The molecular weight excluding hydrogens is 330 g/mol. The molecule has 0 spiro atoms. The van der Waals surface area contributed by atoms with Gasteiger partial charge in [-0.15, -0.1) is 11.3 Å². The highest BCUT2D eigenvalue weighted by Crippen LogP contribution is 2.29. The van der Waals surface area contributed by atoms with E-state index in [4.69, 9.17) is 0 Å². The number of fused-ring (bicyclic) bond motifs is 1. The molecule has 0 unspecified atom stereocenters. The molecule has 0 aliphatic carbocycles. The summed E-state index contributed by atoms with van der Waals surface area (Å²) in [5.41, 5.74) is 2.21. The van der Waals surface area contributed by atoms with E-state index < -0.39 is 5.92 Å². The van der Waals surface area contributed by atoms with Crippen molar-refractivity contribution in [1.29, 1.82) is 5.26 Å². The van der Waals surface area contributed by atoms with Crippen LogP contribution in [0.15, 0.2) is 73.1 Å². The van der Waals surface area contributed by atoms with Gasteiger partial charge in [0, 0.05) is 23.6 Å². The normalized spacial score (nSPS) is 12.0. The number of nitrogens with zero attached hydrogens (tertiary/aromatic N) is 3. The average molecular weight is 343 g/mol. The number of hydrogen-bond acceptors (Lipinski definition) is 4. The second-order valence-electron chi connectivity index (χ2n) is 5.59. The van der Waals surface area contributed by atoms with Crippen molar-refractivity contribution in [1.82, 2.24) is 9.55 Å². The van der Waals surface area contributed by atoms with Gasteiger partial charge in [-0.05, 0) is 36.4 Å². The highest BCUT2D eigenvalue weighted by atomic mass is 32.1. The molecule has 0 fully saturated rings. The maximum absolute atomic E-state index is 12.9. The summed E-state index contributed by atoms with van der Waals surface area (Å²) in [7, 11) is 0. The summed E-state index contributed by atoms with van der Waals surface area (Å²) in [5.74, 6) is -1.12. The predicted molar refractivity (Wildman–Crippen MR) is 98.1 cm³/mol. The van der Waals surface area contributed by atoms with Crippen LogP contribution in [-0.2, 0) is 0 Å². The largest absolute Gasteiger partial charge is 0.324 e. The van der Waals surface area contributed by atoms with Gasteiger partial charge in [-0.1, -0.05) is 24.3 Å². The van der Waals surface area contributed by atoms with Gasteiger partial charge in [0.2, 0.25) is 0 Å². The molecule has 2 aromatic heterocycles. The minimum atomic E-state index is -0.891. The van der Waals surface area contributed by atoms with Crippen molar-refractivity contribution in [2.45, 2.75) is 5.92 Å². The highest BCUT2D eigenvalue weighted by molar-refractivity contribution is 7.18. The first-order valence-electron chi connectivity index (χ1n) is 7.79. The van der Waals surface area contributed by atoms with Crippen LogP contribution in [0.2, 0.25) is 0 Å². The minimum absolute atomic E-state index is 0.226. The van der Waals surface area contributed by atoms with Crippen molar-refractivity contribution in [2.24, 2.45) is 0 Å². The summed E-state index contributed by atoms with van der Waals surface area (Å²) < 4.78 is 2.90. The van der Waals surface area contributed by atoms with E-state index in [0.29, 0.717) is 10.6 Å². The molecule has 4 nitrogen and oxygen atoms in total. The fraction of sp³-hybridized carbons (Fsp3) is 0.0500. The van der Waals surface area contributed by atoms with Crippen LogP contribution in [0.3, 0.4) is 0 Å². The minimum Gasteiger partial charge on any atom is -0.324 e. The van der Waals surface area contributed by atoms with Crippen LogP contribution in [0.4, 0.5) is 0 Å². The molecule has 2 aromatic carbocycles. The van der Waals surface area contributed by atoms with E-state index in [0.717, 1.165) is 15.9 Å². The zero-order valence-electron chi connectivity index (χ0n) is 13.2. The fourth-order valence-electron chi connectivity index (χ4n) is 2.73. The molecule has 0 aliphatic heterocycles. The first-order valence-corrected chi connectivity index (χ1v) is 8.60. The van der Waals surface area contributed by atoms with Crippen LogP contribution in [0.25, 0.3) is 15.9 Å². The van der Waals surface area contributed by atoms with E-state index in [-0.39, 0.29) is 5.78 Å². The van der Waals surface area contributed by atoms with E-state index in [1.54, 1.807) is 12.1 Å². The monoisotopic (exact) mass is 343 g/mol. The Morgan fingerprint density at radius 1 is 1.08 bits per heavy atom. The molecule has 0 saturated heterocycles. The third kappa shape index (κ3) is 2.84. The number of aromatic nitrogens is 2. The summed E-state index contributed by atoms with van der Waals surface area (Å²) in [6, 6.07) is 20.9. The Balaban J connectivity index is 1.71. The van der Waals surface area contributed by atoms with Crippen molar-refractivity contribution in [3.05, 3.63) is 83.6 Å². The van der Waals surface area contributed by atoms with Crippen LogP contribution in [0.5, 0.6) is 0 Å². The molecule has 25 heavy (non-hydrogen) atoms. The van der Waals surface area contributed by atoms with Crippen molar-refractivity contribution in [3.63, 3.8) is 0 Å². The first-order chi connectivity index (χ1) is 12.3. The van der Waals surface area contributed by atoms with Crippen molar-refractivity contribution in [2.75, 3.05) is 0 Å². The molecule has 4 aromatic rings. The summed E-state index contributed by atoms with van der Waals surface area (Å²) in [6.45, 7) is 0. The Hall–Kier alpha value is -3.23. The maximum Gasteiger partial charge on any atom is 0.187 e. The number of carbonyl (C=O) groups excluding carboxylic acids is 1. The van der Waals surface area contributed by atoms with Crippen LogP contribution in [0.1, 0.15) is 21.3 Å². The summed E-state index contributed by atoms with van der Waals surface area (Å²) in [6.07, 6.45) is 3.83. The summed E-state index contributed by atoms with van der Waals surface area (Å²) >= 11 is 1.40. The van der Waals surface area contributed by atoms with Crippen molar-refractivity contribution in [3.8, 4) is 11.8 Å². The van der Waals surface area contributed by atoms with Crippen LogP contribution in [0, 0.1) is 11.3 Å². The summed E-state index contributed by atoms with van der Waals surface area (Å²) in [4.78, 5) is 17.4. The lowest BCUT2D eigenvalue weighted by molar-refractivity contribution is 0.0979. The maximum atomic E-state index is 12.9. The zero-order valence-corrected chi connectivity index (χ0v) is 14.0. The van der Waals surface area contributed by atoms with E-state index in [1.165, 1.54) is 11.3 Å². The first kappa shape index (κ1) is 15.3. The van der Waals surface area contributed by atoms with Crippen LogP contribution < -0.4 is 0 Å². The number of Topliss-reactive ketones (excluding diaryl/α,β-unsaturated/α-hetero) is 1. The fourth-order valence-corrected chi connectivity index (χ4v) is 3.74. The number of para-hydroxylation sites is 1. The summed E-state index contributed by atoms with van der Waals surface area (Å²) in [5, 5.41) is 10.1. The second-order valence-corrected chi connectivity index (χ2v) is 6.65. The zero-order chi connectivity index (χ0) is 17.2. The van der Waals surface area contributed by atoms with Gasteiger partial charge in [-0.25, -0.2) is 4.98 Å². The molecule has 1 atom stereocenters. The number of nitriles is 1. The van der Waals surface area contributed by atoms with Gasteiger partial charge in [0.1, 0.15) is 5.01 Å². The van der Waals surface area contributed by atoms with Gasteiger partial charge in [0.25, 0.3) is 0 Å². The number of benzene rings is 2. The molecule has 5 heteroatoms. The van der Waals surface area contributed by atoms with Crippen molar-refractivity contribution < 1.29 is 4.79 Å². The molecule has 0 N–H and O–H groups in total. The molecular formula is C20H13N3OS. The second kappa shape index (κ2) is 6.34. The van der Waals surface area contributed by atoms with Crippen molar-refractivity contribution >= 4 is 27.3 Å². The quantitative estimate of drug-likeness (QED) is 0.510. The van der Waals surface area contributed by atoms with Gasteiger partial charge in [-0.2, -0.15) is 5.26 Å². The van der Waals surface area contributed by atoms with E-state index >= 15 is 0 Å². The van der Waals surface area contributed by atoms with E-state index in [2.05, 4.69) is 11.1 Å². The molecule has 120 valence electrons. The molecule has 0 aliphatic rings. The lowest BCUT2D eigenvalue weighted by Crippen LogP contribution is -2.11. The van der Waals surface area contributed by atoms with Gasteiger partial charge in [-0.3, -0.25) is 4.79 Å². The molecule has 0 radical (unpaired) electrons. The standard InChI is InChI=1S/C20H13N3OS/c21-13-16(20-22-17-8-1-2-9-18(17)25-20)19(24)14-6-5-7-15(12-14)23-10-3-4-11-23/h1-12,16H/t16-/m0/s1. The topological polar surface area (TPSA) is 58.7 Å². The highest BCUT2D eigenvalue weighted by Gasteiger charge is 2.25. The molecule has 4 rings (SSSR count). The van der Waals surface area contributed by atoms with Gasteiger partial charge in [0.05, 0.1) is 16.3 Å². The van der Waals surface area contributed by atoms with Crippen LogP contribution in [-0.4, -0.2) is 15.3 Å². The molecule has 0 bridgehead atoms.